The van der Waals surface area contributed by atoms with Gasteiger partial charge < -0.3 is 5.32 Å². The Labute approximate surface area is 125 Å². The Morgan fingerprint density at radius 3 is 2.95 bits per heavy atom. The van der Waals surface area contributed by atoms with Crippen molar-refractivity contribution in [2.75, 3.05) is 19.6 Å². The highest BCUT2D eigenvalue weighted by molar-refractivity contribution is 7.89. The predicted octanol–water partition coefficient (Wildman–Crippen LogP) is 0.976. The average molecular weight is 310 g/mol. The molecule has 6 nitrogen and oxygen atoms in total. The smallest absolute Gasteiger partial charge is 0.246 e. The van der Waals surface area contributed by atoms with E-state index in [1.54, 1.807) is 10.9 Å². The topological polar surface area (TPSA) is 67.2 Å². The second-order valence-electron chi connectivity index (χ2n) is 5.85. The number of hydrogen-bond acceptors (Lipinski definition) is 4. The number of hydrogen-bond donors (Lipinski definition) is 1. The van der Waals surface area contributed by atoms with Crippen LogP contribution < -0.4 is 5.32 Å². The largest absolute Gasteiger partial charge is 0.312 e. The summed E-state index contributed by atoms with van der Waals surface area (Å²) >= 11 is 0. The highest BCUT2D eigenvalue weighted by Crippen LogP contribution is 2.20. The van der Waals surface area contributed by atoms with Gasteiger partial charge in [0.2, 0.25) is 10.0 Å². The molecule has 1 aromatic rings. The Bertz CT molecular complexity index is 631. The van der Waals surface area contributed by atoms with Crippen LogP contribution in [0, 0.1) is 0 Å². The zero-order valence-corrected chi connectivity index (χ0v) is 13.1. The predicted molar refractivity (Wildman–Crippen MR) is 80.4 cm³/mol. The molecular formula is C14H22N4O2S. The van der Waals surface area contributed by atoms with Crippen LogP contribution in [0.15, 0.2) is 28.9 Å². The summed E-state index contributed by atoms with van der Waals surface area (Å²) in [5, 5.41) is 7.56. The van der Waals surface area contributed by atoms with Gasteiger partial charge in [0.25, 0.3) is 0 Å². The molecule has 0 aromatic carbocycles. The molecule has 1 saturated carbocycles. The van der Waals surface area contributed by atoms with E-state index < -0.39 is 10.0 Å². The van der Waals surface area contributed by atoms with Gasteiger partial charge in [0.15, 0.2) is 0 Å². The summed E-state index contributed by atoms with van der Waals surface area (Å²) in [6.07, 6.45) is 8.47. The molecule has 0 radical (unpaired) electrons. The van der Waals surface area contributed by atoms with Crippen molar-refractivity contribution >= 4 is 10.0 Å². The molecule has 116 valence electrons. The molecule has 2 aliphatic rings. The molecule has 1 aromatic heterocycles. The first-order valence-electron chi connectivity index (χ1n) is 7.47. The fraction of sp³-hybridized carbons (Fsp3) is 0.643. The third-order valence-corrected chi connectivity index (χ3v) is 5.69. The van der Waals surface area contributed by atoms with Crippen molar-refractivity contribution in [1.82, 2.24) is 19.4 Å². The van der Waals surface area contributed by atoms with Crippen LogP contribution in [0.2, 0.25) is 0 Å². The van der Waals surface area contributed by atoms with Gasteiger partial charge in [-0.05, 0) is 26.2 Å². The molecule has 3 rings (SSSR count). The van der Waals surface area contributed by atoms with Gasteiger partial charge >= 0.3 is 0 Å². The summed E-state index contributed by atoms with van der Waals surface area (Å²) in [4.78, 5) is 0.295. The van der Waals surface area contributed by atoms with Crippen molar-refractivity contribution in [1.29, 1.82) is 0 Å². The molecule has 1 aliphatic carbocycles. The van der Waals surface area contributed by atoms with E-state index in [4.69, 9.17) is 0 Å². The Hall–Kier alpha value is -1.18. The highest BCUT2D eigenvalue weighted by atomic mass is 32.2. The Morgan fingerprint density at radius 1 is 1.43 bits per heavy atom. The van der Waals surface area contributed by atoms with E-state index in [1.807, 2.05) is 6.92 Å². The molecular weight excluding hydrogens is 288 g/mol. The molecule has 0 atom stereocenters. The van der Waals surface area contributed by atoms with Crippen molar-refractivity contribution < 1.29 is 8.42 Å². The molecule has 0 bridgehead atoms. The maximum absolute atomic E-state index is 12.6. The first-order chi connectivity index (χ1) is 10.1. The fourth-order valence-electron chi connectivity index (χ4n) is 2.50. The lowest BCUT2D eigenvalue weighted by atomic mass is 10.2. The lowest BCUT2D eigenvalue weighted by Gasteiger charge is -2.24. The standard InChI is InChI=1S/C14H22N4O2S/c1-12-3-2-7-18(10-12)21(19,20)14-9-16-17(11-14)8-6-15-13-4-5-13/h3,9,11,13,15H,2,4-8,10H2,1H3. The van der Waals surface area contributed by atoms with Crippen LogP contribution in [0.1, 0.15) is 26.2 Å². The van der Waals surface area contributed by atoms with Gasteiger partial charge in [-0.3, -0.25) is 4.68 Å². The van der Waals surface area contributed by atoms with Gasteiger partial charge in [0.05, 0.1) is 12.7 Å². The monoisotopic (exact) mass is 310 g/mol. The van der Waals surface area contributed by atoms with E-state index in [1.165, 1.54) is 23.3 Å². The van der Waals surface area contributed by atoms with Gasteiger partial charge in [0.1, 0.15) is 4.90 Å². The number of aromatic nitrogens is 2. The Balaban J connectivity index is 1.64. The second kappa shape index (κ2) is 5.90. The SMILES string of the molecule is CC1=CCCN(S(=O)(=O)c2cnn(CCNC3CC3)c2)C1. The molecule has 1 N–H and O–H groups in total. The third kappa shape index (κ3) is 3.53. The minimum atomic E-state index is -3.41. The van der Waals surface area contributed by atoms with Crippen molar-refractivity contribution in [3.63, 3.8) is 0 Å². The van der Waals surface area contributed by atoms with E-state index in [0.717, 1.165) is 18.5 Å². The van der Waals surface area contributed by atoms with Crippen molar-refractivity contribution in [3.8, 4) is 0 Å². The van der Waals surface area contributed by atoms with Gasteiger partial charge in [-0.25, -0.2) is 8.42 Å². The minimum Gasteiger partial charge on any atom is -0.312 e. The fourth-order valence-corrected chi connectivity index (χ4v) is 3.95. The van der Waals surface area contributed by atoms with E-state index in [-0.39, 0.29) is 0 Å². The molecule has 1 aliphatic heterocycles. The zero-order valence-electron chi connectivity index (χ0n) is 12.3. The van der Waals surface area contributed by atoms with E-state index in [2.05, 4.69) is 16.5 Å². The summed E-state index contributed by atoms with van der Waals surface area (Å²) in [7, 11) is -3.41. The first-order valence-corrected chi connectivity index (χ1v) is 8.91. The molecule has 0 unspecified atom stereocenters. The maximum Gasteiger partial charge on any atom is 0.246 e. The lowest BCUT2D eigenvalue weighted by molar-refractivity contribution is 0.427. The summed E-state index contributed by atoms with van der Waals surface area (Å²) < 4.78 is 28.4. The summed E-state index contributed by atoms with van der Waals surface area (Å²) in [6, 6.07) is 0.659. The van der Waals surface area contributed by atoms with E-state index >= 15 is 0 Å². The molecule has 0 saturated heterocycles. The normalized spacial score (nSPS) is 20.5. The summed E-state index contributed by atoms with van der Waals surface area (Å²) in [5.41, 5.74) is 1.10. The summed E-state index contributed by atoms with van der Waals surface area (Å²) in [5.74, 6) is 0. The second-order valence-corrected chi connectivity index (χ2v) is 7.78. The first kappa shape index (κ1) is 14.7. The number of sulfonamides is 1. The molecule has 1 fully saturated rings. The number of nitrogens with one attached hydrogen (secondary N) is 1. The van der Waals surface area contributed by atoms with Gasteiger partial charge in [-0.2, -0.15) is 9.40 Å². The molecule has 2 heterocycles. The third-order valence-electron chi connectivity index (χ3n) is 3.90. The van der Waals surface area contributed by atoms with Crippen LogP contribution in [-0.4, -0.2) is 48.2 Å². The van der Waals surface area contributed by atoms with E-state index in [0.29, 0.717) is 30.6 Å². The Kier molecular flexibility index (Phi) is 4.14. The average Bonchev–Trinajstić information content (AvgIpc) is 3.14. The van der Waals surface area contributed by atoms with Crippen LogP contribution in [0.5, 0.6) is 0 Å². The quantitative estimate of drug-likeness (QED) is 0.795. The van der Waals surface area contributed by atoms with Crippen LogP contribution in [0.3, 0.4) is 0 Å². The highest BCUT2D eigenvalue weighted by Gasteiger charge is 2.27. The van der Waals surface area contributed by atoms with Crippen LogP contribution in [-0.2, 0) is 16.6 Å². The maximum atomic E-state index is 12.6. The lowest BCUT2D eigenvalue weighted by Crippen LogP contribution is -2.35. The van der Waals surface area contributed by atoms with Gasteiger partial charge in [-0.15, -0.1) is 0 Å². The van der Waals surface area contributed by atoms with Gasteiger partial charge in [0, 0.05) is 31.9 Å². The minimum absolute atomic E-state index is 0.295. The van der Waals surface area contributed by atoms with Crippen molar-refractivity contribution in [2.45, 2.75) is 43.7 Å². The van der Waals surface area contributed by atoms with Crippen LogP contribution in [0.4, 0.5) is 0 Å². The van der Waals surface area contributed by atoms with Crippen LogP contribution in [0.25, 0.3) is 0 Å². The van der Waals surface area contributed by atoms with E-state index in [9.17, 15) is 8.42 Å². The zero-order chi connectivity index (χ0) is 14.9. The van der Waals surface area contributed by atoms with Crippen molar-refractivity contribution in [2.24, 2.45) is 0 Å². The van der Waals surface area contributed by atoms with Crippen molar-refractivity contribution in [3.05, 3.63) is 24.0 Å². The molecule has 0 spiro atoms. The number of rotatable bonds is 6. The molecule has 7 heteroatoms. The van der Waals surface area contributed by atoms with Crippen LogP contribution >= 0.6 is 0 Å². The van der Waals surface area contributed by atoms with Gasteiger partial charge in [-0.1, -0.05) is 11.6 Å². The Morgan fingerprint density at radius 2 is 2.24 bits per heavy atom. The summed E-state index contributed by atoms with van der Waals surface area (Å²) in [6.45, 7) is 4.53. The number of nitrogens with zero attached hydrogens (tertiary/aromatic N) is 3. The molecule has 21 heavy (non-hydrogen) atoms. The molecule has 0 amide bonds.